The van der Waals surface area contributed by atoms with Gasteiger partial charge in [-0.1, -0.05) is 41.5 Å². The Morgan fingerprint density at radius 2 is 1.51 bits per heavy atom. The average Bonchev–Trinajstić information content (AvgIpc) is 3.34. The number of nitrogens with zero attached hydrogens (tertiary/aromatic N) is 1. The Bertz CT molecular complexity index is 1120. The molecule has 11 nitrogen and oxygen atoms in total. The molecular weight excluding hydrogens is 630 g/mol. The van der Waals surface area contributed by atoms with Crippen LogP contribution in [0.3, 0.4) is 0 Å². The molecule has 18 atom stereocenters. The van der Waals surface area contributed by atoms with Crippen molar-refractivity contribution in [1.29, 1.82) is 0 Å². The standard InChI is InChI=1S/C38H69NO10/c1-19-17-38(12)33(48-35-29(40)27(39(13)14)16-20(2)44-35)22(4)31(47-28-18-37(11,43-15)24(6)25(7)45-28)23(5)34(42)46-26(8)36(9,10)32(41)21(3)30(19)49-38/h19-33,35,40-41H,16-18H2,1-15H3/t19?,20-,21+,22+,23-,24?,25+,26?,27?,28?,29?,30?,31?,32?,33?,35?,37-,38-/m1/s1. The van der Waals surface area contributed by atoms with Crippen molar-refractivity contribution in [2.75, 3.05) is 21.2 Å². The fraction of sp³-hybridized carbons (Fsp3) is 0.974. The van der Waals surface area contributed by atoms with Crippen molar-refractivity contribution in [3.05, 3.63) is 0 Å². The Labute approximate surface area is 296 Å². The molecule has 0 aromatic carbocycles. The number of hydrogen-bond donors (Lipinski definition) is 2. The molecule has 4 heterocycles. The summed E-state index contributed by atoms with van der Waals surface area (Å²) in [5.41, 5.74) is -2.14. The Balaban J connectivity index is 1.82. The molecular formula is C38H69NO10. The molecule has 0 amide bonds. The Hall–Kier alpha value is -0.890. The first kappa shape index (κ1) is 40.9. The van der Waals surface area contributed by atoms with E-state index < -0.39 is 77.5 Å². The SMILES string of the molecule is CO[C@]1(C)CC(OC2[C@H](C)C(OC3O[C@H](C)CC(N(C)C)C3O)[C@@]3(C)CC(C)C(O3)[C@H](C)C(O)C(C)(C)C(C)OC(=O)[C@@H]2C)O[C@@H](C)C1C. The summed E-state index contributed by atoms with van der Waals surface area (Å²) in [5, 5.41) is 23.4. The number of likely N-dealkylation sites (N-methyl/N-ethyl adjacent to an activating group) is 1. The van der Waals surface area contributed by atoms with Gasteiger partial charge in [0.15, 0.2) is 12.6 Å². The van der Waals surface area contributed by atoms with Gasteiger partial charge in [0.25, 0.3) is 0 Å². The largest absolute Gasteiger partial charge is 0.462 e. The van der Waals surface area contributed by atoms with Gasteiger partial charge in [0, 0.05) is 42.7 Å². The maximum atomic E-state index is 14.1. The summed E-state index contributed by atoms with van der Waals surface area (Å²) in [7, 11) is 5.61. The molecule has 0 saturated carbocycles. The van der Waals surface area contributed by atoms with E-state index in [1.165, 1.54) is 0 Å². The van der Waals surface area contributed by atoms with Gasteiger partial charge in [0.05, 0.1) is 53.7 Å². The van der Waals surface area contributed by atoms with Gasteiger partial charge in [-0.05, 0) is 74.4 Å². The highest BCUT2D eigenvalue weighted by atomic mass is 16.7. The summed E-state index contributed by atoms with van der Waals surface area (Å²) >= 11 is 0. The minimum atomic E-state index is -0.942. The number of fused-ring (bicyclic) bond motifs is 2. The van der Waals surface area contributed by atoms with E-state index in [1.807, 2.05) is 81.3 Å². The lowest BCUT2D eigenvalue weighted by Crippen LogP contribution is -2.59. The highest BCUT2D eigenvalue weighted by Crippen LogP contribution is 2.49. The second-order valence-corrected chi connectivity index (χ2v) is 17.4. The number of esters is 1. The van der Waals surface area contributed by atoms with E-state index in [2.05, 4.69) is 20.8 Å². The first-order valence-electron chi connectivity index (χ1n) is 18.7. The van der Waals surface area contributed by atoms with Crippen molar-refractivity contribution >= 4 is 5.97 Å². The van der Waals surface area contributed by atoms with Crippen LogP contribution in [-0.4, -0.2) is 121 Å². The molecule has 11 unspecified atom stereocenters. The van der Waals surface area contributed by atoms with Crippen molar-refractivity contribution in [1.82, 2.24) is 4.90 Å². The first-order chi connectivity index (χ1) is 22.6. The second-order valence-electron chi connectivity index (χ2n) is 17.4. The number of hydrogen-bond acceptors (Lipinski definition) is 11. The van der Waals surface area contributed by atoms with Crippen LogP contribution in [0.15, 0.2) is 0 Å². The van der Waals surface area contributed by atoms with Gasteiger partial charge in [-0.25, -0.2) is 0 Å². The Kier molecular flexibility index (Phi) is 12.7. The zero-order chi connectivity index (χ0) is 37.0. The molecule has 2 bridgehead atoms. The number of aliphatic hydroxyl groups excluding tert-OH is 2. The zero-order valence-corrected chi connectivity index (χ0v) is 33.0. The van der Waals surface area contributed by atoms with E-state index in [0.29, 0.717) is 19.3 Å². The van der Waals surface area contributed by atoms with Crippen LogP contribution in [0.25, 0.3) is 0 Å². The number of aliphatic hydroxyl groups is 2. The molecule has 0 spiro atoms. The molecule has 4 rings (SSSR count). The lowest BCUT2D eigenvalue weighted by molar-refractivity contribution is -0.315. The molecule has 11 heteroatoms. The summed E-state index contributed by atoms with van der Waals surface area (Å²) in [6.45, 7) is 24.0. The molecule has 49 heavy (non-hydrogen) atoms. The zero-order valence-electron chi connectivity index (χ0n) is 33.0. The molecule has 0 aromatic heterocycles. The van der Waals surface area contributed by atoms with Gasteiger partial charge in [-0.3, -0.25) is 4.79 Å². The minimum absolute atomic E-state index is 0.0819. The van der Waals surface area contributed by atoms with E-state index in [-0.39, 0.29) is 42.1 Å². The van der Waals surface area contributed by atoms with Crippen LogP contribution in [0.1, 0.15) is 102 Å². The van der Waals surface area contributed by atoms with Crippen LogP contribution in [0.5, 0.6) is 0 Å². The van der Waals surface area contributed by atoms with Crippen molar-refractivity contribution in [3.63, 3.8) is 0 Å². The number of methoxy groups -OCH3 is 1. The van der Waals surface area contributed by atoms with Gasteiger partial charge in [-0.2, -0.15) is 0 Å². The first-order valence-corrected chi connectivity index (χ1v) is 18.7. The summed E-state index contributed by atoms with van der Waals surface area (Å²) in [6, 6.07) is -0.173. The van der Waals surface area contributed by atoms with E-state index in [0.717, 1.165) is 0 Å². The quantitative estimate of drug-likeness (QED) is 0.372. The van der Waals surface area contributed by atoms with E-state index in [4.69, 9.17) is 33.2 Å². The molecule has 0 aliphatic carbocycles. The maximum absolute atomic E-state index is 14.1. The number of cyclic esters (lactones) is 1. The summed E-state index contributed by atoms with van der Waals surface area (Å²) in [4.78, 5) is 16.1. The smallest absolute Gasteiger partial charge is 0.311 e. The predicted molar refractivity (Wildman–Crippen MR) is 186 cm³/mol. The molecule has 4 saturated heterocycles. The fourth-order valence-electron chi connectivity index (χ4n) is 9.14. The van der Waals surface area contributed by atoms with Crippen molar-refractivity contribution in [3.8, 4) is 0 Å². The third-order valence-electron chi connectivity index (χ3n) is 13.2. The van der Waals surface area contributed by atoms with Crippen LogP contribution >= 0.6 is 0 Å². The second kappa shape index (κ2) is 15.2. The highest BCUT2D eigenvalue weighted by molar-refractivity contribution is 5.73. The van der Waals surface area contributed by atoms with E-state index in [9.17, 15) is 15.0 Å². The molecule has 4 aliphatic heterocycles. The number of ether oxygens (including phenoxy) is 7. The summed E-state index contributed by atoms with van der Waals surface area (Å²) in [6.07, 6.45) is -4.19. The van der Waals surface area contributed by atoms with E-state index in [1.54, 1.807) is 7.11 Å². The predicted octanol–water partition coefficient (Wildman–Crippen LogP) is 4.78. The molecule has 4 aliphatic rings. The number of carbonyl (C=O) groups excluding carboxylic acids is 1. The fourth-order valence-corrected chi connectivity index (χ4v) is 9.14. The minimum Gasteiger partial charge on any atom is -0.462 e. The van der Waals surface area contributed by atoms with Crippen molar-refractivity contribution < 1.29 is 48.2 Å². The third kappa shape index (κ3) is 8.05. The van der Waals surface area contributed by atoms with Crippen LogP contribution < -0.4 is 0 Å². The van der Waals surface area contributed by atoms with Gasteiger partial charge < -0.3 is 48.3 Å². The van der Waals surface area contributed by atoms with Crippen LogP contribution in [-0.2, 0) is 38.0 Å². The number of rotatable bonds is 6. The molecule has 0 aromatic rings. The Morgan fingerprint density at radius 3 is 2.10 bits per heavy atom. The lowest BCUT2D eigenvalue weighted by Gasteiger charge is -2.49. The van der Waals surface area contributed by atoms with Gasteiger partial charge in [0.1, 0.15) is 12.2 Å². The van der Waals surface area contributed by atoms with Gasteiger partial charge in [0.2, 0.25) is 0 Å². The monoisotopic (exact) mass is 699 g/mol. The lowest BCUT2D eigenvalue weighted by atomic mass is 9.72. The van der Waals surface area contributed by atoms with Gasteiger partial charge >= 0.3 is 5.97 Å². The summed E-state index contributed by atoms with van der Waals surface area (Å²) in [5.74, 6) is -1.70. The molecule has 0 radical (unpaired) electrons. The maximum Gasteiger partial charge on any atom is 0.311 e. The molecule has 4 fully saturated rings. The van der Waals surface area contributed by atoms with Crippen molar-refractivity contribution in [2.45, 2.75) is 181 Å². The average molecular weight is 700 g/mol. The molecule has 2 N–H and O–H groups in total. The van der Waals surface area contributed by atoms with Crippen molar-refractivity contribution in [2.24, 2.45) is 35.0 Å². The Morgan fingerprint density at radius 1 is 0.878 bits per heavy atom. The molecule has 286 valence electrons. The third-order valence-corrected chi connectivity index (χ3v) is 13.2. The van der Waals surface area contributed by atoms with Crippen LogP contribution in [0.4, 0.5) is 0 Å². The van der Waals surface area contributed by atoms with E-state index >= 15 is 0 Å². The number of carbonyl (C=O) groups is 1. The van der Waals surface area contributed by atoms with Crippen LogP contribution in [0.2, 0.25) is 0 Å². The van der Waals surface area contributed by atoms with Crippen LogP contribution in [0, 0.1) is 35.0 Å². The normalized spacial score (nSPS) is 51.4. The topological polar surface area (TPSA) is 125 Å². The summed E-state index contributed by atoms with van der Waals surface area (Å²) < 4.78 is 45.9. The van der Waals surface area contributed by atoms with Gasteiger partial charge in [-0.15, -0.1) is 0 Å². The highest BCUT2D eigenvalue weighted by Gasteiger charge is 2.57.